The summed E-state index contributed by atoms with van der Waals surface area (Å²) in [6.45, 7) is 0. The van der Waals surface area contributed by atoms with Crippen molar-refractivity contribution in [3.63, 3.8) is 0 Å². The molecule has 0 fully saturated rings. The first kappa shape index (κ1) is 23.1. The summed E-state index contributed by atoms with van der Waals surface area (Å²) in [6.07, 6.45) is 0. The van der Waals surface area contributed by atoms with Gasteiger partial charge in [0.2, 0.25) is 0 Å². The highest BCUT2D eigenvalue weighted by Crippen LogP contribution is 2.42. The molecule has 0 aliphatic rings. The quantitative estimate of drug-likeness (QED) is 0.208. The predicted molar refractivity (Wildman–Crippen MR) is 181 cm³/mol. The lowest BCUT2D eigenvalue weighted by Gasteiger charge is -2.10. The molecular formula is C39H22N2OS. The number of hydrogen-bond acceptors (Lipinski definition) is 3. The standard InChI is InChI=1S/C39H22N2OS/c1-2-8-26-21-37-30(20-25(26)7-1)31-22-34(41-33-11-5-4-10-32(33)40-39(41)38(31)43-37)24-15-13-23(14-16-24)27-17-18-36-29(19-27)28-9-3-6-12-35(28)42-36/h1-22H. The number of benzene rings is 6. The number of imidazole rings is 1. The van der Waals surface area contributed by atoms with E-state index in [-0.39, 0.29) is 0 Å². The van der Waals surface area contributed by atoms with Crippen LogP contribution < -0.4 is 0 Å². The number of furan rings is 1. The summed E-state index contributed by atoms with van der Waals surface area (Å²) in [5.74, 6) is 0. The maximum Gasteiger partial charge on any atom is 0.156 e. The zero-order chi connectivity index (χ0) is 28.1. The first-order chi connectivity index (χ1) is 21.3. The van der Waals surface area contributed by atoms with Crippen LogP contribution in [0.1, 0.15) is 0 Å². The molecule has 0 aliphatic heterocycles. The van der Waals surface area contributed by atoms with Crippen molar-refractivity contribution in [2.45, 2.75) is 0 Å². The Labute approximate surface area is 249 Å². The maximum atomic E-state index is 6.06. The van der Waals surface area contributed by atoms with Gasteiger partial charge in [-0.05, 0) is 76.0 Å². The summed E-state index contributed by atoms with van der Waals surface area (Å²) >= 11 is 1.84. The second-order valence-corrected chi connectivity index (χ2v) is 12.3. The fraction of sp³-hybridized carbons (Fsp3) is 0. The predicted octanol–water partition coefficient (Wildman–Crippen LogP) is 11.2. The van der Waals surface area contributed by atoms with E-state index < -0.39 is 0 Å². The SMILES string of the molecule is c1ccc2cc3c(cc2c1)sc1c3cc(-c2ccc(-c3ccc4oc5ccccc5c4c3)cc2)n2c3ccccc3nc12. The molecule has 4 heteroatoms. The number of pyridine rings is 1. The Bertz CT molecular complexity index is 2730. The molecule has 0 saturated carbocycles. The summed E-state index contributed by atoms with van der Waals surface area (Å²) in [5, 5.41) is 7.36. The summed E-state index contributed by atoms with van der Waals surface area (Å²) in [4.78, 5) is 5.17. The molecule has 3 nitrogen and oxygen atoms in total. The van der Waals surface area contributed by atoms with E-state index in [2.05, 4.69) is 126 Å². The van der Waals surface area contributed by atoms with Crippen molar-refractivity contribution in [2.24, 2.45) is 0 Å². The van der Waals surface area contributed by atoms with Gasteiger partial charge in [-0.25, -0.2) is 4.98 Å². The lowest BCUT2D eigenvalue weighted by Crippen LogP contribution is -1.93. The molecule has 0 bridgehead atoms. The lowest BCUT2D eigenvalue weighted by molar-refractivity contribution is 0.669. The molecule has 0 amide bonds. The van der Waals surface area contributed by atoms with Gasteiger partial charge in [-0.1, -0.05) is 84.9 Å². The normalized spacial score (nSPS) is 12.2. The van der Waals surface area contributed by atoms with Gasteiger partial charge in [-0.15, -0.1) is 11.3 Å². The molecule has 0 unspecified atom stereocenters. The molecule has 0 spiro atoms. The average Bonchev–Trinajstić information content (AvgIpc) is 3.74. The minimum atomic E-state index is 0.917. The molecule has 0 radical (unpaired) electrons. The molecular weight excluding hydrogens is 545 g/mol. The monoisotopic (exact) mass is 566 g/mol. The number of rotatable bonds is 2. The van der Waals surface area contributed by atoms with E-state index in [1.165, 1.54) is 42.1 Å². The van der Waals surface area contributed by atoms with Crippen LogP contribution in [0.2, 0.25) is 0 Å². The van der Waals surface area contributed by atoms with Crippen LogP contribution >= 0.6 is 11.3 Å². The lowest BCUT2D eigenvalue weighted by atomic mass is 10.00. The molecule has 10 rings (SSSR count). The molecule has 200 valence electrons. The highest BCUT2D eigenvalue weighted by Gasteiger charge is 2.18. The zero-order valence-electron chi connectivity index (χ0n) is 22.9. The van der Waals surface area contributed by atoms with E-state index in [0.717, 1.165) is 49.9 Å². The second kappa shape index (κ2) is 8.54. The Balaban J connectivity index is 1.20. The topological polar surface area (TPSA) is 30.4 Å². The molecule has 0 aliphatic carbocycles. The largest absolute Gasteiger partial charge is 0.456 e. The number of nitrogens with zero attached hydrogens (tertiary/aromatic N) is 2. The molecule has 6 aromatic carbocycles. The zero-order valence-corrected chi connectivity index (χ0v) is 23.7. The van der Waals surface area contributed by atoms with Crippen molar-refractivity contribution in [1.29, 1.82) is 0 Å². The van der Waals surface area contributed by atoms with Crippen molar-refractivity contribution < 1.29 is 4.42 Å². The number of thiophene rings is 1. The van der Waals surface area contributed by atoms with Gasteiger partial charge in [0, 0.05) is 26.2 Å². The molecule has 4 aromatic heterocycles. The summed E-state index contributed by atoms with van der Waals surface area (Å²) in [6, 6.07) is 47.7. The first-order valence-electron chi connectivity index (χ1n) is 14.5. The average molecular weight is 567 g/mol. The van der Waals surface area contributed by atoms with E-state index in [0.29, 0.717) is 0 Å². The molecule has 0 N–H and O–H groups in total. The van der Waals surface area contributed by atoms with Crippen LogP contribution in [0.4, 0.5) is 0 Å². The number of para-hydroxylation sites is 3. The number of aromatic nitrogens is 2. The minimum Gasteiger partial charge on any atom is -0.456 e. The summed E-state index contributed by atoms with van der Waals surface area (Å²) in [5.41, 5.74) is 9.65. The number of hydrogen-bond donors (Lipinski definition) is 0. The number of fused-ring (bicyclic) bond motifs is 11. The van der Waals surface area contributed by atoms with Crippen LogP contribution in [0.3, 0.4) is 0 Å². The van der Waals surface area contributed by atoms with E-state index in [4.69, 9.17) is 9.40 Å². The Morgan fingerprint density at radius 3 is 2.16 bits per heavy atom. The van der Waals surface area contributed by atoms with Gasteiger partial charge in [0.15, 0.2) is 5.65 Å². The van der Waals surface area contributed by atoms with Gasteiger partial charge in [0.05, 0.1) is 21.4 Å². The van der Waals surface area contributed by atoms with Crippen molar-refractivity contribution in [3.05, 3.63) is 133 Å². The fourth-order valence-corrected chi connectivity index (χ4v) is 7.88. The first-order valence-corrected chi connectivity index (χ1v) is 15.3. The Hall–Kier alpha value is -5.45. The third-order valence-corrected chi connectivity index (χ3v) is 9.94. The van der Waals surface area contributed by atoms with Gasteiger partial charge in [-0.3, -0.25) is 4.40 Å². The second-order valence-electron chi connectivity index (χ2n) is 11.2. The molecule has 43 heavy (non-hydrogen) atoms. The van der Waals surface area contributed by atoms with E-state index in [9.17, 15) is 0 Å². The highest BCUT2D eigenvalue weighted by molar-refractivity contribution is 7.26. The maximum absolute atomic E-state index is 6.06. The summed E-state index contributed by atoms with van der Waals surface area (Å²) < 4.78 is 10.9. The van der Waals surface area contributed by atoms with Crippen molar-refractivity contribution >= 4 is 80.9 Å². The van der Waals surface area contributed by atoms with Crippen molar-refractivity contribution in [3.8, 4) is 22.4 Å². The van der Waals surface area contributed by atoms with Crippen LogP contribution in [0, 0.1) is 0 Å². The minimum absolute atomic E-state index is 0.917. The fourth-order valence-electron chi connectivity index (χ4n) is 6.69. The third-order valence-electron chi connectivity index (χ3n) is 8.77. The highest BCUT2D eigenvalue weighted by atomic mass is 32.1. The molecule has 0 saturated heterocycles. The van der Waals surface area contributed by atoms with Gasteiger partial charge >= 0.3 is 0 Å². The Morgan fingerprint density at radius 1 is 0.535 bits per heavy atom. The smallest absolute Gasteiger partial charge is 0.156 e. The molecule has 0 atom stereocenters. The summed E-state index contributed by atoms with van der Waals surface area (Å²) in [7, 11) is 0. The van der Waals surface area contributed by atoms with Crippen molar-refractivity contribution in [1.82, 2.24) is 9.38 Å². The Kier molecular flexibility index (Phi) is 4.60. The van der Waals surface area contributed by atoms with Gasteiger partial charge in [-0.2, -0.15) is 0 Å². The van der Waals surface area contributed by atoms with E-state index >= 15 is 0 Å². The van der Waals surface area contributed by atoms with Gasteiger partial charge < -0.3 is 4.42 Å². The van der Waals surface area contributed by atoms with Crippen LogP contribution in [0.15, 0.2) is 138 Å². The van der Waals surface area contributed by atoms with Gasteiger partial charge in [0.25, 0.3) is 0 Å². The van der Waals surface area contributed by atoms with Crippen LogP contribution in [-0.4, -0.2) is 9.38 Å². The van der Waals surface area contributed by atoms with Crippen LogP contribution in [0.25, 0.3) is 91.9 Å². The van der Waals surface area contributed by atoms with Gasteiger partial charge in [0.1, 0.15) is 11.2 Å². The molecule has 10 aromatic rings. The van der Waals surface area contributed by atoms with Crippen LogP contribution in [-0.2, 0) is 0 Å². The third kappa shape index (κ3) is 3.33. The Morgan fingerprint density at radius 2 is 1.26 bits per heavy atom. The molecule has 4 heterocycles. The van der Waals surface area contributed by atoms with Crippen LogP contribution in [0.5, 0.6) is 0 Å². The van der Waals surface area contributed by atoms with Crippen molar-refractivity contribution in [2.75, 3.05) is 0 Å². The van der Waals surface area contributed by atoms with E-state index in [1.54, 1.807) is 0 Å². The van der Waals surface area contributed by atoms with E-state index in [1.807, 2.05) is 23.5 Å².